The first-order valence-electron chi connectivity index (χ1n) is 12.9. The number of rotatable bonds is 4. The van der Waals surface area contributed by atoms with E-state index in [0.717, 1.165) is 55.7 Å². The second-order valence-electron chi connectivity index (χ2n) is 9.58. The Hall–Kier alpha value is -5.42. The topological polar surface area (TPSA) is 48.8 Å². The highest BCUT2D eigenvalue weighted by Gasteiger charge is 2.20. The van der Waals surface area contributed by atoms with Gasteiger partial charge < -0.3 is 13.6 Å². The molecule has 0 aliphatic rings. The Morgan fingerprint density at radius 3 is 2.36 bits per heavy atom. The molecule has 0 radical (unpaired) electrons. The lowest BCUT2D eigenvalue weighted by atomic mass is 10.1. The first kappa shape index (κ1) is 21.6. The fourth-order valence-electron chi connectivity index (χ4n) is 5.49. The average Bonchev–Trinajstić information content (AvgIpc) is 3.75. The van der Waals surface area contributed by atoms with Crippen molar-refractivity contribution in [2.75, 3.05) is 0 Å². The summed E-state index contributed by atoms with van der Waals surface area (Å²) < 4.78 is 10.7. The molecule has 4 aromatic heterocycles. The van der Waals surface area contributed by atoms with Crippen molar-refractivity contribution in [3.63, 3.8) is 0 Å². The molecule has 4 heterocycles. The van der Waals surface area contributed by atoms with E-state index in [1.165, 1.54) is 5.39 Å². The maximum atomic E-state index is 6.30. The lowest BCUT2D eigenvalue weighted by molar-refractivity contribution is 0.619. The zero-order valence-corrected chi connectivity index (χ0v) is 20.9. The van der Waals surface area contributed by atoms with Crippen LogP contribution in [0.1, 0.15) is 0 Å². The van der Waals surface area contributed by atoms with Crippen LogP contribution >= 0.6 is 0 Å². The van der Waals surface area contributed by atoms with Crippen LogP contribution in [0.2, 0.25) is 0 Å². The highest BCUT2D eigenvalue weighted by Crippen LogP contribution is 2.39. The molecule has 8 aromatic rings. The van der Waals surface area contributed by atoms with Gasteiger partial charge >= 0.3 is 0 Å². The van der Waals surface area contributed by atoms with E-state index in [0.29, 0.717) is 5.89 Å². The molecule has 0 fully saturated rings. The van der Waals surface area contributed by atoms with Gasteiger partial charge in [0.1, 0.15) is 5.52 Å². The highest BCUT2D eigenvalue weighted by atomic mass is 16.3. The van der Waals surface area contributed by atoms with Crippen LogP contribution in [0.4, 0.5) is 0 Å². The van der Waals surface area contributed by atoms with Crippen molar-refractivity contribution in [1.82, 2.24) is 19.1 Å². The number of nitrogens with zero attached hydrogens (tertiary/aromatic N) is 4. The van der Waals surface area contributed by atoms with Gasteiger partial charge in [0.15, 0.2) is 5.58 Å². The predicted molar refractivity (Wildman–Crippen MR) is 156 cm³/mol. The number of para-hydroxylation sites is 3. The number of hydrogen-bond donors (Lipinski definition) is 0. The van der Waals surface area contributed by atoms with Gasteiger partial charge in [-0.3, -0.25) is 4.98 Å². The van der Waals surface area contributed by atoms with Gasteiger partial charge in [-0.25, -0.2) is 4.98 Å². The SMILES string of the molecule is c1ccc(-c2cccc(-n3c4ccccc4c4cc(-n5cccc5)c(-c5nc6ccccc6o5)cc43)c2)nc1. The monoisotopic (exact) mass is 502 g/mol. The van der Waals surface area contributed by atoms with Crippen LogP contribution in [0.15, 0.2) is 138 Å². The van der Waals surface area contributed by atoms with Crippen LogP contribution in [0, 0.1) is 0 Å². The number of pyridine rings is 1. The van der Waals surface area contributed by atoms with Gasteiger partial charge in [-0.05, 0) is 66.7 Å². The maximum absolute atomic E-state index is 6.30. The van der Waals surface area contributed by atoms with Crippen LogP contribution in [0.5, 0.6) is 0 Å². The minimum absolute atomic E-state index is 0.598. The minimum Gasteiger partial charge on any atom is -0.436 e. The summed E-state index contributed by atoms with van der Waals surface area (Å²) in [6, 6.07) is 39.5. The molecule has 0 atom stereocenters. The molecular formula is C34H22N4O. The molecule has 0 aliphatic heterocycles. The lowest BCUT2D eigenvalue weighted by Gasteiger charge is -2.13. The van der Waals surface area contributed by atoms with E-state index in [2.05, 4.69) is 87.2 Å². The lowest BCUT2D eigenvalue weighted by Crippen LogP contribution is -1.98. The summed E-state index contributed by atoms with van der Waals surface area (Å²) in [5.74, 6) is 0.598. The summed E-state index contributed by atoms with van der Waals surface area (Å²) in [5.41, 5.74) is 8.88. The minimum atomic E-state index is 0.598. The molecule has 8 rings (SSSR count). The zero-order chi connectivity index (χ0) is 25.8. The van der Waals surface area contributed by atoms with E-state index in [1.807, 2.05) is 60.8 Å². The van der Waals surface area contributed by atoms with E-state index in [1.54, 1.807) is 0 Å². The van der Waals surface area contributed by atoms with Gasteiger partial charge in [0, 0.05) is 40.6 Å². The Bertz CT molecular complexity index is 2090. The molecule has 184 valence electrons. The molecular weight excluding hydrogens is 480 g/mol. The van der Waals surface area contributed by atoms with E-state index in [9.17, 15) is 0 Å². The summed E-state index contributed by atoms with van der Waals surface area (Å²) >= 11 is 0. The fourth-order valence-corrected chi connectivity index (χ4v) is 5.49. The predicted octanol–water partition coefficient (Wildman–Crippen LogP) is 8.44. The standard InChI is InChI=1S/C34H22N4O/c1-3-15-30-25(12-1)26-21-31(37-18-7-8-19-37)27(34-36-29-14-2-4-16-33(29)39-34)22-32(26)38(30)24-11-9-10-23(20-24)28-13-5-6-17-35-28/h1-22H. The molecule has 0 amide bonds. The third-order valence-electron chi connectivity index (χ3n) is 7.26. The van der Waals surface area contributed by atoms with Gasteiger partial charge in [0.05, 0.1) is 28.0 Å². The number of fused-ring (bicyclic) bond motifs is 4. The van der Waals surface area contributed by atoms with Crippen molar-refractivity contribution in [3.05, 3.63) is 134 Å². The number of hydrogen-bond acceptors (Lipinski definition) is 3. The van der Waals surface area contributed by atoms with Crippen LogP contribution in [-0.2, 0) is 0 Å². The summed E-state index contributed by atoms with van der Waals surface area (Å²) in [7, 11) is 0. The molecule has 5 nitrogen and oxygen atoms in total. The van der Waals surface area contributed by atoms with Gasteiger partial charge in [-0.2, -0.15) is 0 Å². The van der Waals surface area contributed by atoms with Crippen LogP contribution in [0.25, 0.3) is 67.0 Å². The quantitative estimate of drug-likeness (QED) is 0.243. The molecule has 0 spiro atoms. The average molecular weight is 503 g/mol. The molecule has 39 heavy (non-hydrogen) atoms. The number of benzene rings is 4. The first-order chi connectivity index (χ1) is 19.3. The Labute approximate surface area is 224 Å². The van der Waals surface area contributed by atoms with Gasteiger partial charge in [-0.1, -0.05) is 48.5 Å². The Kier molecular flexibility index (Phi) is 4.76. The van der Waals surface area contributed by atoms with Crippen molar-refractivity contribution in [2.24, 2.45) is 0 Å². The van der Waals surface area contributed by atoms with E-state index >= 15 is 0 Å². The Morgan fingerprint density at radius 1 is 0.641 bits per heavy atom. The fraction of sp³-hybridized carbons (Fsp3) is 0. The summed E-state index contributed by atoms with van der Waals surface area (Å²) in [6.45, 7) is 0. The number of aromatic nitrogens is 4. The van der Waals surface area contributed by atoms with E-state index in [-0.39, 0.29) is 0 Å². The zero-order valence-electron chi connectivity index (χ0n) is 20.9. The normalized spacial score (nSPS) is 11.6. The highest BCUT2D eigenvalue weighted by molar-refractivity contribution is 6.11. The van der Waals surface area contributed by atoms with E-state index < -0.39 is 0 Å². The van der Waals surface area contributed by atoms with Gasteiger partial charge in [0.25, 0.3) is 0 Å². The van der Waals surface area contributed by atoms with Gasteiger partial charge in [0.2, 0.25) is 5.89 Å². The van der Waals surface area contributed by atoms with Crippen LogP contribution in [0.3, 0.4) is 0 Å². The largest absolute Gasteiger partial charge is 0.436 e. The summed E-state index contributed by atoms with van der Waals surface area (Å²) in [6.07, 6.45) is 5.95. The molecule has 0 aliphatic carbocycles. The molecule has 0 unspecified atom stereocenters. The summed E-state index contributed by atoms with van der Waals surface area (Å²) in [5, 5.41) is 2.35. The molecule has 0 bridgehead atoms. The second kappa shape index (κ2) is 8.57. The van der Waals surface area contributed by atoms with Crippen molar-refractivity contribution in [2.45, 2.75) is 0 Å². The first-order valence-corrected chi connectivity index (χ1v) is 12.9. The molecule has 5 heteroatoms. The smallest absolute Gasteiger partial charge is 0.229 e. The molecule has 0 N–H and O–H groups in total. The van der Waals surface area contributed by atoms with Crippen LogP contribution < -0.4 is 0 Å². The Morgan fingerprint density at radius 2 is 1.49 bits per heavy atom. The summed E-state index contributed by atoms with van der Waals surface area (Å²) in [4.78, 5) is 9.45. The van der Waals surface area contributed by atoms with Crippen LogP contribution in [-0.4, -0.2) is 19.1 Å². The second-order valence-corrected chi connectivity index (χ2v) is 9.58. The Balaban J connectivity index is 1.45. The third kappa shape index (κ3) is 3.48. The molecule has 4 aromatic carbocycles. The van der Waals surface area contributed by atoms with Crippen molar-refractivity contribution in [3.8, 4) is 34.1 Å². The molecule has 0 saturated heterocycles. The molecule has 0 saturated carbocycles. The van der Waals surface area contributed by atoms with Gasteiger partial charge in [-0.15, -0.1) is 0 Å². The van der Waals surface area contributed by atoms with Crippen molar-refractivity contribution >= 4 is 32.9 Å². The number of oxazole rings is 1. The third-order valence-corrected chi connectivity index (χ3v) is 7.26. The van der Waals surface area contributed by atoms with Crippen molar-refractivity contribution in [1.29, 1.82) is 0 Å². The van der Waals surface area contributed by atoms with E-state index in [4.69, 9.17) is 9.40 Å². The maximum Gasteiger partial charge on any atom is 0.229 e. The van der Waals surface area contributed by atoms with Crippen molar-refractivity contribution < 1.29 is 4.42 Å².